The fourth-order valence-corrected chi connectivity index (χ4v) is 5.25. The summed E-state index contributed by atoms with van der Waals surface area (Å²) in [6.07, 6.45) is -6.49. The summed E-state index contributed by atoms with van der Waals surface area (Å²) >= 11 is 0. The van der Waals surface area contributed by atoms with E-state index in [1.807, 2.05) is 0 Å². The van der Waals surface area contributed by atoms with E-state index in [4.69, 9.17) is 30.9 Å². The highest BCUT2D eigenvalue weighted by atomic mass is 31.3. The topological polar surface area (TPSA) is 319 Å². The fourth-order valence-electron chi connectivity index (χ4n) is 2.22. The van der Waals surface area contributed by atoms with Crippen molar-refractivity contribution in [3.8, 4) is 0 Å². The molecule has 1 aromatic rings. The molecule has 1 aliphatic heterocycles. The Morgan fingerprint density at radius 1 is 1.06 bits per heavy atom. The van der Waals surface area contributed by atoms with Crippen molar-refractivity contribution in [3.63, 3.8) is 0 Å². The van der Waals surface area contributed by atoms with E-state index in [0.29, 0.717) is 0 Å². The Morgan fingerprint density at radius 2 is 1.68 bits per heavy atom. The van der Waals surface area contributed by atoms with Crippen LogP contribution in [-0.4, -0.2) is 70.9 Å². The molecule has 6 atom stereocenters. The second-order valence-corrected chi connectivity index (χ2v) is 10.2. The van der Waals surface area contributed by atoms with Crippen LogP contribution in [-0.2, 0) is 31.6 Å². The minimum Gasteiger partial charge on any atom is -0.391 e. The first-order valence-corrected chi connectivity index (χ1v) is 12.2. The van der Waals surface area contributed by atoms with Crippen LogP contribution in [0, 0.1) is 0 Å². The van der Waals surface area contributed by atoms with Crippen molar-refractivity contribution in [3.05, 3.63) is 10.4 Å². The van der Waals surface area contributed by atoms with Crippen LogP contribution >= 0.6 is 23.5 Å². The maximum Gasteiger partial charge on any atom is 0.490 e. The second kappa shape index (κ2) is 9.21. The van der Waals surface area contributed by atoms with Gasteiger partial charge in [0.2, 0.25) is 5.95 Å². The summed E-state index contributed by atoms with van der Waals surface area (Å²) in [6.45, 7) is -1.03. The Labute approximate surface area is 171 Å². The van der Waals surface area contributed by atoms with Crippen molar-refractivity contribution in [1.29, 1.82) is 0 Å². The minimum absolute atomic E-state index is 0.314. The lowest BCUT2D eigenvalue weighted by Gasteiger charge is -2.19. The number of nitrogens with zero attached hydrogens (tertiary/aromatic N) is 1. The fraction of sp³-hybridized carbons (Fsp3) is 0.556. The molecule has 1 saturated heterocycles. The van der Waals surface area contributed by atoms with E-state index in [1.165, 1.54) is 0 Å². The number of anilines is 3. The van der Waals surface area contributed by atoms with Gasteiger partial charge in [-0.2, -0.15) is 13.6 Å². The molecule has 19 nitrogen and oxygen atoms in total. The van der Waals surface area contributed by atoms with Gasteiger partial charge in [0, 0.05) is 0 Å². The molecule has 12 N–H and O–H groups in total. The van der Waals surface area contributed by atoms with Gasteiger partial charge in [-0.05, 0) is 0 Å². The average molecular weight is 513 g/mol. The molecule has 178 valence electrons. The van der Waals surface area contributed by atoms with Gasteiger partial charge < -0.3 is 51.3 Å². The van der Waals surface area contributed by atoms with Crippen LogP contribution in [0.25, 0.3) is 0 Å². The number of hydrogen-bond acceptors (Lipinski definition) is 14. The Hall–Kier alpha value is -1.43. The van der Waals surface area contributed by atoms with Crippen LogP contribution < -0.4 is 22.3 Å². The SMILES string of the molecule is Nc1nc(NC2OC(COP(=O)(O)OP(=O)(O)OP(=O)(O)O)C(O)C2O)c(N)c(=O)[nH]1. The third-order valence-corrected chi connectivity index (χ3v) is 7.24. The normalized spacial score (nSPS) is 28.1. The maximum atomic E-state index is 11.7. The van der Waals surface area contributed by atoms with Gasteiger partial charge in [-0.1, -0.05) is 0 Å². The van der Waals surface area contributed by atoms with Crippen molar-refractivity contribution in [2.75, 3.05) is 23.4 Å². The predicted octanol–water partition coefficient (Wildman–Crippen LogP) is -2.86. The Morgan fingerprint density at radius 3 is 2.26 bits per heavy atom. The van der Waals surface area contributed by atoms with Gasteiger partial charge in [-0.15, -0.1) is 0 Å². The molecule has 0 amide bonds. The zero-order chi connectivity index (χ0) is 23.8. The van der Waals surface area contributed by atoms with Crippen LogP contribution in [0.4, 0.5) is 17.5 Å². The molecule has 22 heteroatoms. The molecule has 0 aromatic carbocycles. The Bertz CT molecular complexity index is 1010. The number of H-pyrrole nitrogens is 1. The van der Waals surface area contributed by atoms with Crippen LogP contribution in [0.5, 0.6) is 0 Å². The van der Waals surface area contributed by atoms with E-state index in [1.54, 1.807) is 0 Å². The van der Waals surface area contributed by atoms with Gasteiger partial charge in [-0.25, -0.2) is 13.7 Å². The predicted molar refractivity (Wildman–Crippen MR) is 97.8 cm³/mol. The standard InChI is InChI=1S/C9H18N5O14P3/c10-3-6(13-9(11)14-7(3)17)12-8-5(16)4(15)2(26-8)1-25-30(21,22)28-31(23,24)27-29(18,19)20/h2,4-5,8,15-16H,1,10H2,(H,21,22)(H,23,24)(H2,18,19,20)(H4,11,12,13,14,17). The molecule has 0 saturated carbocycles. The van der Waals surface area contributed by atoms with Gasteiger partial charge in [0.05, 0.1) is 6.61 Å². The summed E-state index contributed by atoms with van der Waals surface area (Å²) in [5, 5.41) is 22.4. The van der Waals surface area contributed by atoms with Gasteiger partial charge in [0.1, 0.15) is 24.0 Å². The molecular formula is C9H18N5O14P3. The summed E-state index contributed by atoms with van der Waals surface area (Å²) in [5.41, 5.74) is 9.63. The second-order valence-electron chi connectivity index (χ2n) is 5.82. The highest BCUT2D eigenvalue weighted by Crippen LogP contribution is 2.66. The van der Waals surface area contributed by atoms with Crippen molar-refractivity contribution in [2.24, 2.45) is 0 Å². The van der Waals surface area contributed by atoms with E-state index >= 15 is 0 Å². The quantitative estimate of drug-likeness (QED) is 0.148. The number of nitrogen functional groups attached to an aromatic ring is 2. The number of phosphoric ester groups is 1. The molecule has 2 rings (SSSR count). The zero-order valence-electron chi connectivity index (χ0n) is 14.9. The van der Waals surface area contributed by atoms with Gasteiger partial charge >= 0.3 is 23.5 Å². The van der Waals surface area contributed by atoms with E-state index in [0.717, 1.165) is 0 Å². The van der Waals surface area contributed by atoms with Crippen molar-refractivity contribution in [1.82, 2.24) is 9.97 Å². The van der Waals surface area contributed by atoms with Crippen molar-refractivity contribution < 1.29 is 61.4 Å². The first-order valence-electron chi connectivity index (χ1n) is 7.71. The number of aliphatic hydroxyl groups excluding tert-OH is 2. The lowest BCUT2D eigenvalue weighted by molar-refractivity contribution is -0.0151. The highest BCUT2D eigenvalue weighted by molar-refractivity contribution is 7.66. The molecule has 1 aliphatic rings. The number of aromatic amines is 1. The number of phosphoric acid groups is 3. The summed E-state index contributed by atoms with van der Waals surface area (Å²) in [6, 6.07) is 0. The Kier molecular flexibility index (Phi) is 7.67. The Balaban J connectivity index is 2.02. The van der Waals surface area contributed by atoms with Crippen molar-refractivity contribution >= 4 is 40.9 Å². The number of ether oxygens (including phenoxy) is 1. The number of aromatic nitrogens is 2. The molecular weight excluding hydrogens is 495 g/mol. The molecule has 0 radical (unpaired) electrons. The maximum absolute atomic E-state index is 11.7. The smallest absolute Gasteiger partial charge is 0.391 e. The van der Waals surface area contributed by atoms with Crippen LogP contribution in [0.1, 0.15) is 0 Å². The van der Waals surface area contributed by atoms with Crippen molar-refractivity contribution in [2.45, 2.75) is 24.5 Å². The third-order valence-electron chi connectivity index (χ3n) is 3.43. The van der Waals surface area contributed by atoms with E-state index in [9.17, 15) is 33.6 Å². The zero-order valence-corrected chi connectivity index (χ0v) is 17.6. The molecule has 0 spiro atoms. The molecule has 1 fully saturated rings. The summed E-state index contributed by atoms with van der Waals surface area (Å²) in [7, 11) is -16.8. The first-order chi connectivity index (χ1) is 14.0. The lowest BCUT2D eigenvalue weighted by atomic mass is 10.1. The molecule has 31 heavy (non-hydrogen) atoms. The number of rotatable bonds is 9. The van der Waals surface area contributed by atoms with Gasteiger partial charge in [-0.3, -0.25) is 14.3 Å². The minimum atomic E-state index is -5.73. The molecule has 2 heterocycles. The van der Waals surface area contributed by atoms with E-state index in [2.05, 4.69) is 28.4 Å². The molecule has 0 aliphatic carbocycles. The lowest BCUT2D eigenvalue weighted by Crippen LogP contribution is -2.37. The summed E-state index contributed by atoms with van der Waals surface area (Å²) in [4.78, 5) is 52.7. The third kappa shape index (κ3) is 7.30. The number of hydrogen-bond donors (Lipinski definition) is 10. The first kappa shape index (κ1) is 25.8. The number of nitrogens with two attached hydrogens (primary N) is 2. The molecule has 6 unspecified atom stereocenters. The van der Waals surface area contributed by atoms with Gasteiger partial charge in [0.15, 0.2) is 12.0 Å². The number of nitrogens with one attached hydrogen (secondary N) is 2. The largest absolute Gasteiger partial charge is 0.490 e. The summed E-state index contributed by atoms with van der Waals surface area (Å²) in [5.74, 6) is -0.648. The molecule has 1 aromatic heterocycles. The average Bonchev–Trinajstić information content (AvgIpc) is 2.82. The molecule has 0 bridgehead atoms. The van der Waals surface area contributed by atoms with E-state index < -0.39 is 65.9 Å². The summed E-state index contributed by atoms with van der Waals surface area (Å²) < 4.78 is 50.1. The number of aliphatic hydroxyl groups is 2. The van der Waals surface area contributed by atoms with Crippen LogP contribution in [0.3, 0.4) is 0 Å². The van der Waals surface area contributed by atoms with Crippen LogP contribution in [0.2, 0.25) is 0 Å². The highest BCUT2D eigenvalue weighted by Gasteiger charge is 2.46. The van der Waals surface area contributed by atoms with Crippen LogP contribution in [0.15, 0.2) is 4.79 Å². The van der Waals surface area contributed by atoms with Gasteiger partial charge in [0.25, 0.3) is 5.56 Å². The monoisotopic (exact) mass is 513 g/mol. The van der Waals surface area contributed by atoms with E-state index in [-0.39, 0.29) is 11.8 Å².